The van der Waals surface area contributed by atoms with Crippen molar-refractivity contribution < 1.29 is 9.53 Å². The molecule has 1 aromatic rings. The third kappa shape index (κ3) is 6.47. The quantitative estimate of drug-likeness (QED) is 0.609. The predicted molar refractivity (Wildman–Crippen MR) is 106 cm³/mol. The molecule has 1 amide bonds. The van der Waals surface area contributed by atoms with Crippen LogP contribution < -0.4 is 10.1 Å². The van der Waals surface area contributed by atoms with Crippen LogP contribution >= 0.6 is 12.2 Å². The van der Waals surface area contributed by atoms with Crippen molar-refractivity contribution in [2.45, 2.75) is 13.3 Å². The van der Waals surface area contributed by atoms with E-state index in [2.05, 4.69) is 16.3 Å². The van der Waals surface area contributed by atoms with Crippen molar-refractivity contribution in [2.75, 3.05) is 39.3 Å². The lowest BCUT2D eigenvalue weighted by atomic mass is 10.2. The van der Waals surface area contributed by atoms with Crippen LogP contribution in [0.5, 0.6) is 5.75 Å². The Hall–Kier alpha value is -2.43. The van der Waals surface area contributed by atoms with Crippen LogP contribution in [0.2, 0.25) is 0 Å². The molecule has 7 heteroatoms. The predicted octanol–water partition coefficient (Wildman–Crippen LogP) is 2.03. The van der Waals surface area contributed by atoms with Crippen molar-refractivity contribution in [3.8, 4) is 11.8 Å². The van der Waals surface area contributed by atoms with Gasteiger partial charge in [0.05, 0.1) is 12.7 Å². The van der Waals surface area contributed by atoms with Gasteiger partial charge in [0.25, 0.3) is 0 Å². The Morgan fingerprint density at radius 1 is 1.31 bits per heavy atom. The maximum absolute atomic E-state index is 12.1. The molecule has 0 aromatic heterocycles. The summed E-state index contributed by atoms with van der Waals surface area (Å²) in [5.41, 5.74) is 0.917. The van der Waals surface area contributed by atoms with E-state index in [0.717, 1.165) is 44.0 Å². The number of ether oxygens (including phenoxy) is 1. The number of hydrogen-bond acceptors (Lipinski definition) is 5. The average Bonchev–Trinajstić information content (AvgIpc) is 2.66. The molecule has 0 atom stereocenters. The highest BCUT2D eigenvalue weighted by atomic mass is 32.1. The molecule has 1 aromatic carbocycles. The summed E-state index contributed by atoms with van der Waals surface area (Å²) in [5, 5.41) is 11.8. The molecule has 1 aliphatic rings. The van der Waals surface area contributed by atoms with Gasteiger partial charge in [0.2, 0.25) is 5.91 Å². The normalized spacial score (nSPS) is 14.8. The van der Waals surface area contributed by atoms with Gasteiger partial charge in [-0.25, -0.2) is 0 Å². The zero-order chi connectivity index (χ0) is 18.8. The van der Waals surface area contributed by atoms with Gasteiger partial charge in [0, 0.05) is 45.2 Å². The van der Waals surface area contributed by atoms with Gasteiger partial charge in [-0.3, -0.25) is 15.0 Å². The van der Waals surface area contributed by atoms with Gasteiger partial charge in [-0.05, 0) is 42.9 Å². The molecule has 1 N–H and O–H groups in total. The standard InChI is InChI=1S/C19H24N4O2S/c1-2-25-17-7-4-16(5-8-17)6-9-18(24)21-19(26)23-14-12-22(13-15-23)11-3-10-20/h4-9H,2-3,11-15H2,1H3,(H,21,24,26)/b9-6+. The molecule has 0 spiro atoms. The van der Waals surface area contributed by atoms with Gasteiger partial charge >= 0.3 is 0 Å². The Morgan fingerprint density at radius 2 is 2.00 bits per heavy atom. The molecule has 1 heterocycles. The Morgan fingerprint density at radius 3 is 2.62 bits per heavy atom. The summed E-state index contributed by atoms with van der Waals surface area (Å²) in [6.07, 6.45) is 3.76. The number of thiocarbonyl (C=S) groups is 1. The van der Waals surface area contributed by atoms with Crippen LogP contribution in [0.4, 0.5) is 0 Å². The first-order chi connectivity index (χ1) is 12.6. The first kappa shape index (κ1) is 19.9. The topological polar surface area (TPSA) is 68.6 Å². The lowest BCUT2D eigenvalue weighted by Crippen LogP contribution is -2.52. The van der Waals surface area contributed by atoms with Crippen LogP contribution in [0.25, 0.3) is 6.08 Å². The second-order valence-electron chi connectivity index (χ2n) is 5.87. The summed E-state index contributed by atoms with van der Waals surface area (Å²) >= 11 is 5.33. The van der Waals surface area contributed by atoms with E-state index in [1.54, 1.807) is 6.08 Å². The van der Waals surface area contributed by atoms with E-state index in [4.69, 9.17) is 22.2 Å². The van der Waals surface area contributed by atoms with Crippen molar-refractivity contribution in [3.63, 3.8) is 0 Å². The molecule has 0 unspecified atom stereocenters. The summed E-state index contributed by atoms with van der Waals surface area (Å²) in [4.78, 5) is 16.3. The van der Waals surface area contributed by atoms with Crippen molar-refractivity contribution in [3.05, 3.63) is 35.9 Å². The van der Waals surface area contributed by atoms with Crippen molar-refractivity contribution >= 4 is 29.3 Å². The molecular weight excluding hydrogens is 348 g/mol. The largest absolute Gasteiger partial charge is 0.494 e. The summed E-state index contributed by atoms with van der Waals surface area (Å²) in [6.45, 7) is 6.56. The zero-order valence-corrected chi connectivity index (χ0v) is 15.8. The number of piperazine rings is 1. The maximum atomic E-state index is 12.1. The Bertz CT molecular complexity index is 674. The van der Waals surface area contributed by atoms with E-state index in [1.807, 2.05) is 36.1 Å². The summed E-state index contributed by atoms with van der Waals surface area (Å²) in [7, 11) is 0. The molecule has 6 nitrogen and oxygen atoms in total. The number of carbonyl (C=O) groups is 1. The number of nitrogens with zero attached hydrogens (tertiary/aromatic N) is 3. The van der Waals surface area contributed by atoms with Gasteiger partial charge in [0.15, 0.2) is 5.11 Å². The van der Waals surface area contributed by atoms with Crippen LogP contribution in [0.15, 0.2) is 30.3 Å². The summed E-state index contributed by atoms with van der Waals surface area (Å²) in [5.74, 6) is 0.569. The van der Waals surface area contributed by atoms with Crippen LogP contribution in [0, 0.1) is 11.3 Å². The molecule has 1 saturated heterocycles. The minimum Gasteiger partial charge on any atom is -0.494 e. The fourth-order valence-electron chi connectivity index (χ4n) is 2.62. The lowest BCUT2D eigenvalue weighted by molar-refractivity contribution is -0.115. The average molecular weight is 372 g/mol. The zero-order valence-electron chi connectivity index (χ0n) is 15.0. The second kappa shape index (κ2) is 10.5. The maximum Gasteiger partial charge on any atom is 0.250 e. The number of hydrogen-bond donors (Lipinski definition) is 1. The number of amides is 1. The molecule has 26 heavy (non-hydrogen) atoms. The molecule has 1 fully saturated rings. The highest BCUT2D eigenvalue weighted by Gasteiger charge is 2.19. The molecule has 0 aliphatic carbocycles. The van der Waals surface area contributed by atoms with Crippen molar-refractivity contribution in [2.24, 2.45) is 0 Å². The highest BCUT2D eigenvalue weighted by molar-refractivity contribution is 7.80. The fourth-order valence-corrected chi connectivity index (χ4v) is 2.91. The number of nitrogens with one attached hydrogen (secondary N) is 1. The van der Waals surface area contributed by atoms with Crippen LogP contribution in [0.1, 0.15) is 18.9 Å². The Kier molecular flexibility index (Phi) is 8.06. The number of nitriles is 1. The molecule has 0 saturated carbocycles. The van der Waals surface area contributed by atoms with Gasteiger partial charge in [-0.2, -0.15) is 5.26 Å². The summed E-state index contributed by atoms with van der Waals surface area (Å²) < 4.78 is 5.39. The smallest absolute Gasteiger partial charge is 0.250 e. The first-order valence-corrected chi connectivity index (χ1v) is 9.13. The molecular formula is C19H24N4O2S. The van der Waals surface area contributed by atoms with Crippen LogP contribution in [-0.4, -0.2) is 60.2 Å². The van der Waals surface area contributed by atoms with E-state index in [9.17, 15) is 4.79 Å². The van der Waals surface area contributed by atoms with Gasteiger partial charge < -0.3 is 9.64 Å². The summed E-state index contributed by atoms with van der Waals surface area (Å²) in [6, 6.07) is 9.70. The number of rotatable bonds is 6. The minimum atomic E-state index is -0.240. The van der Waals surface area contributed by atoms with Crippen molar-refractivity contribution in [1.82, 2.24) is 15.1 Å². The second-order valence-corrected chi connectivity index (χ2v) is 6.25. The highest BCUT2D eigenvalue weighted by Crippen LogP contribution is 2.13. The Labute approximate surface area is 160 Å². The third-order valence-corrected chi connectivity index (χ3v) is 4.41. The van der Waals surface area contributed by atoms with Crippen LogP contribution in [-0.2, 0) is 4.79 Å². The van der Waals surface area contributed by atoms with Gasteiger partial charge in [-0.15, -0.1) is 0 Å². The van der Waals surface area contributed by atoms with E-state index >= 15 is 0 Å². The first-order valence-electron chi connectivity index (χ1n) is 8.72. The van der Waals surface area contributed by atoms with E-state index in [-0.39, 0.29) is 5.91 Å². The third-order valence-electron chi connectivity index (χ3n) is 4.05. The lowest BCUT2D eigenvalue weighted by Gasteiger charge is -2.35. The van der Waals surface area contributed by atoms with Crippen molar-refractivity contribution in [1.29, 1.82) is 5.26 Å². The molecule has 1 aliphatic heterocycles. The van der Waals surface area contributed by atoms with E-state index < -0.39 is 0 Å². The minimum absolute atomic E-state index is 0.240. The van der Waals surface area contributed by atoms with Gasteiger partial charge in [0.1, 0.15) is 5.75 Å². The molecule has 0 bridgehead atoms. The monoisotopic (exact) mass is 372 g/mol. The molecule has 0 radical (unpaired) electrons. The van der Waals surface area contributed by atoms with E-state index in [1.165, 1.54) is 6.08 Å². The molecule has 138 valence electrons. The molecule has 2 rings (SSSR count). The number of carbonyl (C=O) groups excluding carboxylic acids is 1. The number of benzene rings is 1. The van der Waals surface area contributed by atoms with Crippen LogP contribution in [0.3, 0.4) is 0 Å². The van der Waals surface area contributed by atoms with E-state index in [0.29, 0.717) is 18.1 Å². The van der Waals surface area contributed by atoms with Gasteiger partial charge in [-0.1, -0.05) is 12.1 Å². The SMILES string of the molecule is CCOc1ccc(/C=C/C(=O)NC(=S)N2CCN(CCC#N)CC2)cc1. The Balaban J connectivity index is 1.76. The fraction of sp³-hybridized carbons (Fsp3) is 0.421.